The first-order chi connectivity index (χ1) is 5.61. The van der Waals surface area contributed by atoms with Crippen LogP contribution in [-0.2, 0) is 11.2 Å². The lowest BCUT2D eigenvalue weighted by atomic mass is 10.2. The van der Waals surface area contributed by atoms with Gasteiger partial charge in [-0.3, -0.25) is 4.79 Å². The van der Waals surface area contributed by atoms with Crippen LogP contribution < -0.4 is 0 Å². The monoisotopic (exact) mass is 208 g/mol. The van der Waals surface area contributed by atoms with Crippen LogP contribution in [0.5, 0.6) is 0 Å². The maximum atomic E-state index is 12.7. The first kappa shape index (κ1) is 9.48. The Balaban J connectivity index is 2.64. The summed E-state index contributed by atoms with van der Waals surface area (Å²) in [5, 5.41) is 8.94. The number of carbonyl (C=O) groups is 1. The normalized spacial score (nSPS) is 12.8. The van der Waals surface area contributed by atoms with Gasteiger partial charge >= 0.3 is 5.97 Å². The van der Waals surface area contributed by atoms with Crippen LogP contribution in [0.25, 0.3) is 0 Å². The first-order valence-corrected chi connectivity index (χ1v) is 4.51. The van der Waals surface area contributed by atoms with Crippen molar-refractivity contribution in [3.05, 3.63) is 22.1 Å². The summed E-state index contributed by atoms with van der Waals surface area (Å²) in [4.78, 5) is 10.7. The number of hydrogen-bond acceptors (Lipinski definition) is 2. The van der Waals surface area contributed by atoms with E-state index in [2.05, 4.69) is 0 Å². The summed E-state index contributed by atoms with van der Waals surface area (Å²) in [5.74, 6) is -1.50. The fraction of sp³-hybridized carbons (Fsp3) is 0.286. The van der Waals surface area contributed by atoms with Crippen LogP contribution in [0.1, 0.15) is 4.88 Å². The molecule has 0 saturated heterocycles. The van der Waals surface area contributed by atoms with E-state index in [0.29, 0.717) is 4.88 Å². The minimum atomic E-state index is -1.12. The van der Waals surface area contributed by atoms with Gasteiger partial charge in [-0.1, -0.05) is 0 Å². The Kier molecular flexibility index (Phi) is 3.05. The number of thiophene rings is 1. The summed E-state index contributed by atoms with van der Waals surface area (Å²) < 4.78 is 12.7. The summed E-state index contributed by atoms with van der Waals surface area (Å²) in [7, 11) is 0. The lowest BCUT2D eigenvalue weighted by molar-refractivity contribution is -0.136. The van der Waals surface area contributed by atoms with Gasteiger partial charge in [-0.2, -0.15) is 0 Å². The van der Waals surface area contributed by atoms with Crippen molar-refractivity contribution in [3.63, 3.8) is 0 Å². The topological polar surface area (TPSA) is 37.3 Å². The van der Waals surface area contributed by atoms with Crippen molar-refractivity contribution >= 4 is 28.9 Å². The zero-order chi connectivity index (χ0) is 9.14. The minimum Gasteiger partial charge on any atom is -0.480 e. The second-order valence-electron chi connectivity index (χ2n) is 2.20. The van der Waals surface area contributed by atoms with Crippen molar-refractivity contribution in [3.8, 4) is 0 Å². The molecule has 1 atom stereocenters. The van der Waals surface area contributed by atoms with Gasteiger partial charge < -0.3 is 5.11 Å². The summed E-state index contributed by atoms with van der Waals surface area (Å²) in [5.41, 5.74) is 0. The second kappa shape index (κ2) is 3.87. The Hall–Kier alpha value is -0.610. The molecule has 1 unspecified atom stereocenters. The fourth-order valence-electron chi connectivity index (χ4n) is 0.721. The largest absolute Gasteiger partial charge is 0.480 e. The number of aliphatic carboxylic acids is 1. The van der Waals surface area contributed by atoms with Crippen LogP contribution in [0.3, 0.4) is 0 Å². The predicted molar refractivity (Wildman–Crippen MR) is 45.3 cm³/mol. The van der Waals surface area contributed by atoms with Gasteiger partial charge in [-0.25, -0.2) is 4.39 Å². The van der Waals surface area contributed by atoms with Crippen molar-refractivity contribution in [1.29, 1.82) is 0 Å². The summed E-state index contributed by atoms with van der Waals surface area (Å²) in [6.07, 6.45) is 0.0421. The molecule has 1 aromatic rings. The van der Waals surface area contributed by atoms with Gasteiger partial charge in [0, 0.05) is 11.3 Å². The highest BCUT2D eigenvalue weighted by molar-refractivity contribution is 7.10. The molecule has 0 spiro atoms. The van der Waals surface area contributed by atoms with E-state index in [1.165, 1.54) is 17.4 Å². The van der Waals surface area contributed by atoms with Crippen LogP contribution in [0.4, 0.5) is 4.39 Å². The molecule has 1 heterocycles. The van der Waals surface area contributed by atoms with Crippen LogP contribution in [0.15, 0.2) is 11.4 Å². The van der Waals surface area contributed by atoms with E-state index in [9.17, 15) is 9.18 Å². The maximum absolute atomic E-state index is 12.7. The highest BCUT2D eigenvalue weighted by atomic mass is 35.5. The van der Waals surface area contributed by atoms with E-state index in [0.717, 1.165) is 0 Å². The molecule has 0 aliphatic carbocycles. The molecule has 0 aliphatic rings. The standard InChI is InChI=1S/C7H6ClFO2S/c8-4(7(10)11)3-6-5(9)1-2-12-6/h1-2,4H,3H2,(H,10,11). The molecule has 0 saturated carbocycles. The maximum Gasteiger partial charge on any atom is 0.321 e. The minimum absolute atomic E-state index is 0.0421. The fourth-order valence-corrected chi connectivity index (χ4v) is 1.76. The first-order valence-electron chi connectivity index (χ1n) is 3.20. The van der Waals surface area contributed by atoms with E-state index < -0.39 is 11.3 Å². The molecule has 0 amide bonds. The Labute approximate surface area is 77.6 Å². The van der Waals surface area contributed by atoms with Crippen molar-refractivity contribution < 1.29 is 14.3 Å². The van der Waals surface area contributed by atoms with E-state index >= 15 is 0 Å². The van der Waals surface area contributed by atoms with Crippen molar-refractivity contribution in [1.82, 2.24) is 0 Å². The molecule has 1 N–H and O–H groups in total. The van der Waals surface area contributed by atoms with E-state index in [-0.39, 0.29) is 12.2 Å². The van der Waals surface area contributed by atoms with Crippen molar-refractivity contribution in [2.45, 2.75) is 11.8 Å². The van der Waals surface area contributed by atoms with Crippen molar-refractivity contribution in [2.24, 2.45) is 0 Å². The second-order valence-corrected chi connectivity index (χ2v) is 3.73. The van der Waals surface area contributed by atoms with Crippen LogP contribution >= 0.6 is 22.9 Å². The molecule has 66 valence electrons. The van der Waals surface area contributed by atoms with Gasteiger partial charge in [-0.15, -0.1) is 22.9 Å². The third-order valence-electron chi connectivity index (χ3n) is 1.32. The third kappa shape index (κ3) is 2.19. The van der Waals surface area contributed by atoms with E-state index in [4.69, 9.17) is 16.7 Å². The molecular weight excluding hydrogens is 203 g/mol. The Bertz CT molecular complexity index is 287. The number of carboxylic acids is 1. The molecule has 1 rings (SSSR count). The van der Waals surface area contributed by atoms with Gasteiger partial charge in [0.25, 0.3) is 0 Å². The van der Waals surface area contributed by atoms with Crippen LogP contribution in [0, 0.1) is 5.82 Å². The Morgan fingerprint density at radius 1 is 1.83 bits per heavy atom. The molecule has 0 fully saturated rings. The average Bonchev–Trinajstić information content (AvgIpc) is 2.36. The summed E-state index contributed by atoms with van der Waals surface area (Å²) in [6, 6.07) is 1.30. The molecule has 0 aliphatic heterocycles. The lowest BCUT2D eigenvalue weighted by Gasteiger charge is -2.00. The number of carboxylic acid groups (broad SMARTS) is 1. The van der Waals surface area contributed by atoms with Gasteiger partial charge in [0.15, 0.2) is 0 Å². The average molecular weight is 209 g/mol. The van der Waals surface area contributed by atoms with E-state index in [1.807, 2.05) is 0 Å². The van der Waals surface area contributed by atoms with Gasteiger partial charge in [0.1, 0.15) is 11.2 Å². The molecular formula is C7H6ClFO2S. The van der Waals surface area contributed by atoms with Crippen LogP contribution in [-0.4, -0.2) is 16.5 Å². The molecule has 1 aromatic heterocycles. The highest BCUT2D eigenvalue weighted by Crippen LogP contribution is 2.18. The summed E-state index contributed by atoms with van der Waals surface area (Å²) in [6.45, 7) is 0. The highest BCUT2D eigenvalue weighted by Gasteiger charge is 2.16. The molecule has 0 bridgehead atoms. The smallest absolute Gasteiger partial charge is 0.321 e. The Morgan fingerprint density at radius 2 is 2.50 bits per heavy atom. The van der Waals surface area contributed by atoms with Gasteiger partial charge in [0.05, 0.1) is 0 Å². The molecule has 0 radical (unpaired) electrons. The zero-order valence-corrected chi connectivity index (χ0v) is 7.53. The number of alkyl halides is 1. The van der Waals surface area contributed by atoms with Gasteiger partial charge in [-0.05, 0) is 11.4 Å². The molecule has 0 aromatic carbocycles. The molecule has 12 heavy (non-hydrogen) atoms. The molecule has 5 heteroatoms. The Morgan fingerprint density at radius 3 is 2.92 bits per heavy atom. The zero-order valence-electron chi connectivity index (χ0n) is 5.96. The van der Waals surface area contributed by atoms with Crippen molar-refractivity contribution in [2.75, 3.05) is 0 Å². The molecule has 2 nitrogen and oxygen atoms in total. The number of halogens is 2. The third-order valence-corrected chi connectivity index (χ3v) is 2.58. The van der Waals surface area contributed by atoms with E-state index in [1.54, 1.807) is 5.38 Å². The number of rotatable bonds is 3. The van der Waals surface area contributed by atoms with Crippen LogP contribution in [0.2, 0.25) is 0 Å². The quantitative estimate of drug-likeness (QED) is 0.773. The SMILES string of the molecule is O=C(O)C(Cl)Cc1sccc1F. The lowest BCUT2D eigenvalue weighted by Crippen LogP contribution is -2.15. The number of hydrogen-bond donors (Lipinski definition) is 1. The summed E-state index contributed by atoms with van der Waals surface area (Å²) >= 11 is 6.59. The van der Waals surface area contributed by atoms with Gasteiger partial charge in [0.2, 0.25) is 0 Å². The predicted octanol–water partition coefficient (Wildman–Crippen LogP) is 2.12.